The molecule has 0 aliphatic rings. The van der Waals surface area contributed by atoms with Crippen LogP contribution in [0.1, 0.15) is 18.2 Å². The van der Waals surface area contributed by atoms with Gasteiger partial charge >= 0.3 is 0 Å². The molecule has 0 radical (unpaired) electrons. The Balaban J connectivity index is 0.00000200. The maximum Gasteiger partial charge on any atom is 0.185 e. The maximum atomic E-state index is 4.25. The quantitative estimate of drug-likeness (QED) is 0.550. The molecule has 0 bridgehead atoms. The number of rotatable bonds is 4. The Morgan fingerprint density at radius 2 is 2.15 bits per heavy atom. The van der Waals surface area contributed by atoms with Crippen molar-refractivity contribution in [2.24, 2.45) is 0 Å². The molecule has 0 fully saturated rings. The molecule has 0 aliphatic carbocycles. The van der Waals surface area contributed by atoms with Crippen molar-refractivity contribution in [3.63, 3.8) is 0 Å². The van der Waals surface area contributed by atoms with E-state index in [9.17, 15) is 0 Å². The van der Waals surface area contributed by atoms with Crippen LogP contribution >= 0.6 is 15.9 Å². The third-order valence-electron chi connectivity index (χ3n) is 2.95. The summed E-state index contributed by atoms with van der Waals surface area (Å²) in [7, 11) is 0. The summed E-state index contributed by atoms with van der Waals surface area (Å²) in [6.07, 6.45) is 7.84. The van der Waals surface area contributed by atoms with Gasteiger partial charge in [0.05, 0.1) is 0 Å². The van der Waals surface area contributed by atoms with Crippen molar-refractivity contribution >= 4 is 27.8 Å². The summed E-state index contributed by atoms with van der Waals surface area (Å²) < 4.78 is 3.20. The second kappa shape index (κ2) is 8.36. The molecule has 0 aromatic carbocycles. The van der Waals surface area contributed by atoms with Crippen LogP contribution in [0.4, 0.5) is 5.82 Å². The molecule has 0 aliphatic heterocycles. The first-order valence-electron chi connectivity index (χ1n) is 6.24. The highest BCUT2D eigenvalue weighted by Gasteiger charge is 2.05. The summed E-state index contributed by atoms with van der Waals surface area (Å²) in [5.41, 5.74) is 2.46. The number of hydrogen-bond acceptors (Lipinski definition) is 2. The average molecular weight is 446 g/mol. The van der Waals surface area contributed by atoms with Gasteiger partial charge in [-0.3, -0.25) is 0 Å². The Morgan fingerprint density at radius 1 is 1.35 bits per heavy atom. The Kier molecular flexibility index (Phi) is 7.15. The van der Waals surface area contributed by atoms with Crippen LogP contribution in [0.2, 0.25) is 0 Å². The first kappa shape index (κ1) is 17.1. The van der Waals surface area contributed by atoms with Crippen LogP contribution in [0.3, 0.4) is 0 Å². The molecule has 3 nitrogen and oxygen atoms in total. The van der Waals surface area contributed by atoms with Crippen LogP contribution in [-0.4, -0.2) is 4.98 Å². The Bertz CT molecular complexity index is 582. The molecule has 1 N–H and O–H groups in total. The largest absolute Gasteiger partial charge is 1.00 e. The number of halogens is 2. The van der Waals surface area contributed by atoms with Crippen LogP contribution in [0.25, 0.3) is 6.08 Å². The van der Waals surface area contributed by atoms with Gasteiger partial charge in [-0.25, -0.2) is 9.55 Å². The smallest absolute Gasteiger partial charge is 0.185 e. The first-order chi connectivity index (χ1) is 9.20. The zero-order valence-electron chi connectivity index (χ0n) is 11.5. The summed E-state index contributed by atoms with van der Waals surface area (Å²) in [5, 5.41) is 3.16. The predicted octanol–water partition coefficient (Wildman–Crippen LogP) is 0.547. The zero-order chi connectivity index (χ0) is 13.7. The van der Waals surface area contributed by atoms with E-state index >= 15 is 0 Å². The van der Waals surface area contributed by atoms with Gasteiger partial charge in [0, 0.05) is 35.4 Å². The highest BCUT2D eigenvalue weighted by molar-refractivity contribution is 9.10. The average Bonchev–Trinajstić information content (AvgIpc) is 2.43. The van der Waals surface area contributed by atoms with Gasteiger partial charge in [-0.2, -0.15) is 0 Å². The fraction of sp³-hybridized carbons (Fsp3) is 0.200. The SMILES string of the molecule is CC[n+]1cccc(C=CNc2ccc(Br)cn2)c1C.[I-]. The molecule has 0 amide bonds. The van der Waals surface area contributed by atoms with Gasteiger partial charge in [-0.1, -0.05) is 0 Å². The van der Waals surface area contributed by atoms with E-state index in [0.717, 1.165) is 16.8 Å². The van der Waals surface area contributed by atoms with Gasteiger partial charge in [-0.05, 0) is 47.1 Å². The first-order valence-corrected chi connectivity index (χ1v) is 7.03. The number of aryl methyl sites for hydroxylation is 1. The van der Waals surface area contributed by atoms with Crippen molar-refractivity contribution < 1.29 is 28.5 Å². The molecule has 2 rings (SSSR count). The van der Waals surface area contributed by atoms with Crippen molar-refractivity contribution in [1.82, 2.24) is 4.98 Å². The van der Waals surface area contributed by atoms with E-state index < -0.39 is 0 Å². The normalized spacial score (nSPS) is 10.3. The summed E-state index contributed by atoms with van der Waals surface area (Å²) in [6.45, 7) is 5.25. The molecule has 5 heteroatoms. The lowest BCUT2D eigenvalue weighted by molar-refractivity contribution is -0.699. The minimum atomic E-state index is 0. The highest BCUT2D eigenvalue weighted by Crippen LogP contribution is 2.11. The third kappa shape index (κ3) is 4.56. The molecule has 0 atom stereocenters. The molecule has 0 saturated heterocycles. The number of nitrogens with zero attached hydrogens (tertiary/aromatic N) is 2. The molecule has 2 heterocycles. The van der Waals surface area contributed by atoms with Crippen LogP contribution in [0.5, 0.6) is 0 Å². The number of hydrogen-bond donors (Lipinski definition) is 1. The van der Waals surface area contributed by atoms with Crippen molar-refractivity contribution in [1.29, 1.82) is 0 Å². The van der Waals surface area contributed by atoms with Gasteiger partial charge in [-0.15, -0.1) is 0 Å². The predicted molar refractivity (Wildman–Crippen MR) is 81.6 cm³/mol. The lowest BCUT2D eigenvalue weighted by Crippen LogP contribution is -3.00. The number of pyridine rings is 2. The Morgan fingerprint density at radius 3 is 2.80 bits per heavy atom. The summed E-state index contributed by atoms with van der Waals surface area (Å²) >= 11 is 3.36. The molecule has 106 valence electrons. The van der Waals surface area contributed by atoms with Crippen LogP contribution in [0.15, 0.2) is 47.3 Å². The maximum absolute atomic E-state index is 4.25. The molecule has 2 aromatic heterocycles. The number of aromatic nitrogens is 2. The monoisotopic (exact) mass is 445 g/mol. The molecule has 20 heavy (non-hydrogen) atoms. The fourth-order valence-electron chi connectivity index (χ4n) is 1.85. The van der Waals surface area contributed by atoms with Crippen molar-refractivity contribution in [2.45, 2.75) is 20.4 Å². The Hall–Kier alpha value is -0.950. The van der Waals surface area contributed by atoms with Crippen molar-refractivity contribution in [3.05, 3.63) is 58.6 Å². The molecule has 0 spiro atoms. The zero-order valence-corrected chi connectivity index (χ0v) is 15.2. The van der Waals surface area contributed by atoms with Crippen LogP contribution in [0, 0.1) is 6.92 Å². The van der Waals surface area contributed by atoms with Gasteiger partial charge in [0.1, 0.15) is 12.4 Å². The minimum absolute atomic E-state index is 0. The highest BCUT2D eigenvalue weighted by atomic mass is 127. The van der Waals surface area contributed by atoms with Crippen LogP contribution < -0.4 is 33.9 Å². The lowest BCUT2D eigenvalue weighted by Gasteiger charge is -2.01. The van der Waals surface area contributed by atoms with E-state index in [2.05, 4.69) is 69.1 Å². The molecular weight excluding hydrogens is 429 g/mol. The molecule has 2 aromatic rings. The van der Waals surface area contributed by atoms with Crippen molar-refractivity contribution in [3.8, 4) is 0 Å². The molecule has 0 unspecified atom stereocenters. The summed E-state index contributed by atoms with van der Waals surface area (Å²) in [5.74, 6) is 0.830. The second-order valence-electron chi connectivity index (χ2n) is 4.17. The van der Waals surface area contributed by atoms with E-state index in [-0.39, 0.29) is 24.0 Å². The van der Waals surface area contributed by atoms with E-state index in [1.807, 2.05) is 18.3 Å². The van der Waals surface area contributed by atoms with Gasteiger partial charge in [0.15, 0.2) is 11.9 Å². The lowest BCUT2D eigenvalue weighted by atomic mass is 10.2. The standard InChI is InChI=1S/C15H17BrN3.HI/c1-3-19-10-4-5-13(12(19)2)8-9-17-15-7-6-14(16)11-18-15;/h4-11H,3H2,1-2H3,(H,17,18);1H/q+1;/p-1. The topological polar surface area (TPSA) is 28.8 Å². The molecular formula is C15H17BrIN3. The minimum Gasteiger partial charge on any atom is -1.00 e. The van der Waals surface area contributed by atoms with Gasteiger partial charge in [0.25, 0.3) is 0 Å². The van der Waals surface area contributed by atoms with Crippen LogP contribution in [-0.2, 0) is 6.54 Å². The van der Waals surface area contributed by atoms with E-state index in [1.165, 1.54) is 11.3 Å². The van der Waals surface area contributed by atoms with E-state index in [4.69, 9.17) is 0 Å². The van der Waals surface area contributed by atoms with Crippen molar-refractivity contribution in [2.75, 3.05) is 5.32 Å². The summed E-state index contributed by atoms with van der Waals surface area (Å²) in [6, 6.07) is 8.06. The van der Waals surface area contributed by atoms with Gasteiger partial charge in [0.2, 0.25) is 0 Å². The third-order valence-corrected chi connectivity index (χ3v) is 3.42. The van der Waals surface area contributed by atoms with E-state index in [0.29, 0.717) is 0 Å². The Labute approximate surface area is 145 Å². The van der Waals surface area contributed by atoms with Gasteiger partial charge < -0.3 is 29.3 Å². The summed E-state index contributed by atoms with van der Waals surface area (Å²) in [4.78, 5) is 4.25. The number of nitrogens with one attached hydrogen (secondary N) is 1. The molecule has 0 saturated carbocycles. The second-order valence-corrected chi connectivity index (χ2v) is 5.09. The number of anilines is 1. The van der Waals surface area contributed by atoms with E-state index in [1.54, 1.807) is 6.20 Å². The fourth-order valence-corrected chi connectivity index (χ4v) is 2.08.